The molecule has 2 aromatic carbocycles. The van der Waals surface area contributed by atoms with E-state index in [2.05, 4.69) is 27.3 Å². The van der Waals surface area contributed by atoms with Gasteiger partial charge in [-0.1, -0.05) is 39.7 Å². The van der Waals surface area contributed by atoms with E-state index in [4.69, 9.17) is 16.3 Å². The molecule has 2 nitrogen and oxygen atoms in total. The van der Waals surface area contributed by atoms with E-state index < -0.39 is 0 Å². The zero-order chi connectivity index (χ0) is 13.9. The van der Waals surface area contributed by atoms with Crippen LogP contribution in [-0.2, 0) is 6.54 Å². The molecule has 4 heteroatoms. The molecule has 1 aliphatic rings. The molecule has 1 saturated carbocycles. The number of rotatable bonds is 5. The van der Waals surface area contributed by atoms with E-state index in [0.29, 0.717) is 16.8 Å². The van der Waals surface area contributed by atoms with Crippen molar-refractivity contribution in [3.05, 3.63) is 57.5 Å². The summed E-state index contributed by atoms with van der Waals surface area (Å²) in [6, 6.07) is 14.4. The third kappa shape index (κ3) is 3.75. The van der Waals surface area contributed by atoms with E-state index in [-0.39, 0.29) is 0 Å². The van der Waals surface area contributed by atoms with Crippen LogP contribution in [0.15, 0.2) is 46.9 Å². The van der Waals surface area contributed by atoms with Crippen LogP contribution in [0.5, 0.6) is 11.5 Å². The topological polar surface area (TPSA) is 21.3 Å². The third-order valence-corrected chi connectivity index (χ3v) is 3.98. The third-order valence-electron chi connectivity index (χ3n) is 3.19. The highest BCUT2D eigenvalue weighted by molar-refractivity contribution is 9.10. The van der Waals surface area contributed by atoms with Gasteiger partial charge in [-0.3, -0.25) is 0 Å². The van der Waals surface area contributed by atoms with Crippen LogP contribution in [0, 0.1) is 0 Å². The molecular weight excluding hydrogens is 338 g/mol. The summed E-state index contributed by atoms with van der Waals surface area (Å²) in [7, 11) is 0. The van der Waals surface area contributed by atoms with E-state index in [0.717, 1.165) is 16.8 Å². The summed E-state index contributed by atoms with van der Waals surface area (Å²) < 4.78 is 6.78. The molecule has 1 N–H and O–H groups in total. The van der Waals surface area contributed by atoms with Crippen LogP contribution in [-0.4, -0.2) is 6.04 Å². The zero-order valence-corrected chi connectivity index (χ0v) is 13.2. The van der Waals surface area contributed by atoms with Crippen molar-refractivity contribution < 1.29 is 4.74 Å². The smallest absolute Gasteiger partial charge is 0.146 e. The molecule has 0 spiro atoms. The van der Waals surface area contributed by atoms with Gasteiger partial charge < -0.3 is 10.1 Å². The molecule has 20 heavy (non-hydrogen) atoms. The Morgan fingerprint density at radius 2 is 2.05 bits per heavy atom. The summed E-state index contributed by atoms with van der Waals surface area (Å²) >= 11 is 9.71. The molecule has 0 amide bonds. The van der Waals surface area contributed by atoms with Gasteiger partial charge in [-0.25, -0.2) is 0 Å². The minimum absolute atomic E-state index is 0.639. The first kappa shape index (κ1) is 13.9. The number of halogens is 2. The quantitative estimate of drug-likeness (QED) is 0.804. The highest BCUT2D eigenvalue weighted by atomic mass is 79.9. The van der Waals surface area contributed by atoms with Crippen LogP contribution in [0.3, 0.4) is 0 Å². The summed E-state index contributed by atoms with van der Waals surface area (Å²) in [5.41, 5.74) is 1.18. The lowest BCUT2D eigenvalue weighted by molar-refractivity contribution is 0.482. The van der Waals surface area contributed by atoms with Gasteiger partial charge in [0, 0.05) is 17.1 Å². The van der Waals surface area contributed by atoms with E-state index in [9.17, 15) is 0 Å². The molecule has 3 rings (SSSR count). The Labute approximate surface area is 132 Å². The normalized spacial score (nSPS) is 14.3. The Kier molecular flexibility index (Phi) is 4.29. The van der Waals surface area contributed by atoms with E-state index in [1.54, 1.807) is 0 Å². The molecule has 0 atom stereocenters. The number of hydrogen-bond acceptors (Lipinski definition) is 2. The fraction of sp³-hybridized carbons (Fsp3) is 0.250. The number of ether oxygens (including phenoxy) is 1. The predicted octanol–water partition coefficient (Wildman–Crippen LogP) is 5.15. The van der Waals surface area contributed by atoms with Gasteiger partial charge in [0.2, 0.25) is 0 Å². The van der Waals surface area contributed by atoms with Crippen LogP contribution < -0.4 is 10.1 Å². The van der Waals surface area contributed by atoms with E-state index in [1.807, 2.05) is 36.4 Å². The summed E-state index contributed by atoms with van der Waals surface area (Å²) in [6.45, 7) is 0.863. The first-order valence-corrected chi connectivity index (χ1v) is 7.83. The average molecular weight is 353 g/mol. The maximum absolute atomic E-state index is 6.29. The highest BCUT2D eigenvalue weighted by Gasteiger charge is 2.20. The lowest BCUT2D eigenvalue weighted by Gasteiger charge is -2.10. The van der Waals surface area contributed by atoms with E-state index >= 15 is 0 Å². The van der Waals surface area contributed by atoms with Crippen LogP contribution in [0.4, 0.5) is 0 Å². The largest absolute Gasteiger partial charge is 0.456 e. The number of nitrogens with one attached hydrogen (secondary N) is 1. The van der Waals surface area contributed by atoms with Crippen molar-refractivity contribution in [2.24, 2.45) is 0 Å². The molecular formula is C16H15BrClNO. The number of benzene rings is 2. The lowest BCUT2D eigenvalue weighted by atomic mass is 10.2. The highest BCUT2D eigenvalue weighted by Crippen LogP contribution is 2.31. The molecule has 1 fully saturated rings. The first-order chi connectivity index (χ1) is 9.70. The first-order valence-electron chi connectivity index (χ1n) is 6.66. The van der Waals surface area contributed by atoms with E-state index in [1.165, 1.54) is 18.4 Å². The van der Waals surface area contributed by atoms with Crippen molar-refractivity contribution in [2.75, 3.05) is 0 Å². The summed E-state index contributed by atoms with van der Waals surface area (Å²) in [6.07, 6.45) is 2.58. The average Bonchev–Trinajstić information content (AvgIpc) is 3.23. The molecule has 0 heterocycles. The van der Waals surface area contributed by atoms with Gasteiger partial charge >= 0.3 is 0 Å². The van der Waals surface area contributed by atoms with Crippen molar-refractivity contribution in [2.45, 2.75) is 25.4 Å². The molecule has 0 radical (unpaired) electrons. The minimum Gasteiger partial charge on any atom is -0.456 e. The molecule has 1 aliphatic carbocycles. The molecule has 0 unspecified atom stereocenters. The Hall–Kier alpha value is -1.03. The van der Waals surface area contributed by atoms with Gasteiger partial charge in [-0.15, -0.1) is 0 Å². The van der Waals surface area contributed by atoms with Crippen LogP contribution in [0.1, 0.15) is 18.4 Å². The molecule has 0 bridgehead atoms. The zero-order valence-electron chi connectivity index (χ0n) is 10.9. The summed E-state index contributed by atoms with van der Waals surface area (Å²) in [4.78, 5) is 0. The van der Waals surface area contributed by atoms with Gasteiger partial charge in [0.05, 0.1) is 5.02 Å². The molecule has 2 aromatic rings. The second-order valence-electron chi connectivity index (χ2n) is 4.98. The standard InChI is InChI=1S/C16H15BrClNO/c17-12-2-1-3-14(9-12)20-16-7-4-11(8-15(16)18)10-19-13-5-6-13/h1-4,7-9,13,19H,5-6,10H2. The summed E-state index contributed by atoms with van der Waals surface area (Å²) in [5, 5.41) is 4.11. The van der Waals surface area contributed by atoms with Gasteiger partial charge in [0.1, 0.15) is 11.5 Å². The van der Waals surface area contributed by atoms with Gasteiger partial charge in [0.25, 0.3) is 0 Å². The SMILES string of the molecule is Clc1cc(CNC2CC2)ccc1Oc1cccc(Br)c1. The summed E-state index contributed by atoms with van der Waals surface area (Å²) in [5.74, 6) is 1.45. The molecule has 0 aliphatic heterocycles. The van der Waals surface area contributed by atoms with Crippen molar-refractivity contribution >= 4 is 27.5 Å². The fourth-order valence-corrected chi connectivity index (χ4v) is 2.56. The molecule has 104 valence electrons. The Morgan fingerprint density at radius 1 is 1.20 bits per heavy atom. The van der Waals surface area contributed by atoms with Gasteiger partial charge in [-0.05, 0) is 48.7 Å². The lowest BCUT2D eigenvalue weighted by Crippen LogP contribution is -2.15. The van der Waals surface area contributed by atoms with Gasteiger partial charge in [0.15, 0.2) is 0 Å². The maximum atomic E-state index is 6.29. The maximum Gasteiger partial charge on any atom is 0.146 e. The second-order valence-corrected chi connectivity index (χ2v) is 6.30. The Balaban J connectivity index is 1.69. The van der Waals surface area contributed by atoms with Crippen LogP contribution in [0.25, 0.3) is 0 Å². The van der Waals surface area contributed by atoms with Gasteiger partial charge in [-0.2, -0.15) is 0 Å². The fourth-order valence-electron chi connectivity index (χ4n) is 1.94. The van der Waals surface area contributed by atoms with Crippen molar-refractivity contribution in [1.29, 1.82) is 0 Å². The molecule has 0 aromatic heterocycles. The minimum atomic E-state index is 0.639. The van der Waals surface area contributed by atoms with Crippen molar-refractivity contribution in [1.82, 2.24) is 5.32 Å². The number of hydrogen-bond donors (Lipinski definition) is 1. The Morgan fingerprint density at radius 3 is 2.75 bits per heavy atom. The second kappa shape index (κ2) is 6.17. The van der Waals surface area contributed by atoms with Crippen molar-refractivity contribution in [3.63, 3.8) is 0 Å². The van der Waals surface area contributed by atoms with Crippen LogP contribution in [0.2, 0.25) is 5.02 Å². The Bertz CT molecular complexity index is 613. The molecule has 0 saturated heterocycles. The van der Waals surface area contributed by atoms with Crippen molar-refractivity contribution in [3.8, 4) is 11.5 Å². The predicted molar refractivity (Wildman–Crippen MR) is 85.5 cm³/mol. The van der Waals surface area contributed by atoms with Crippen LogP contribution >= 0.6 is 27.5 Å². The monoisotopic (exact) mass is 351 g/mol.